The molecule has 0 aliphatic heterocycles. The molecule has 0 saturated carbocycles. The maximum Gasteiger partial charge on any atom is 0.163 e. The van der Waals surface area contributed by atoms with Crippen molar-refractivity contribution in [3.63, 3.8) is 0 Å². The van der Waals surface area contributed by atoms with E-state index < -0.39 is 0 Å². The van der Waals surface area contributed by atoms with Gasteiger partial charge >= 0.3 is 0 Å². The molecule has 0 heterocycles. The maximum atomic E-state index is 11.8. The Balaban J connectivity index is 2.77. The Kier molecular flexibility index (Phi) is 5.33. The van der Waals surface area contributed by atoms with Gasteiger partial charge in [0.25, 0.3) is 0 Å². The average Bonchev–Trinajstić information content (AvgIpc) is 2.26. The first-order chi connectivity index (χ1) is 7.69. The van der Waals surface area contributed by atoms with Crippen molar-refractivity contribution >= 4 is 17.4 Å². The lowest BCUT2D eigenvalue weighted by atomic mass is 10.0. The van der Waals surface area contributed by atoms with Crippen LogP contribution in [0.15, 0.2) is 18.2 Å². The summed E-state index contributed by atoms with van der Waals surface area (Å²) in [5.74, 6) is 1.50. The Labute approximate surface area is 102 Å². The lowest BCUT2D eigenvalue weighted by Crippen LogP contribution is -2.02. The molecule has 2 nitrogen and oxygen atoms in total. The van der Waals surface area contributed by atoms with E-state index in [4.69, 9.17) is 16.3 Å². The van der Waals surface area contributed by atoms with Gasteiger partial charge in [-0.2, -0.15) is 0 Å². The van der Waals surface area contributed by atoms with Crippen LogP contribution in [-0.4, -0.2) is 18.3 Å². The molecule has 1 rings (SSSR count). The molecule has 0 bridgehead atoms. The molecular formula is C13H17ClO2. The third kappa shape index (κ3) is 3.53. The number of ketones is 1. The topological polar surface area (TPSA) is 26.3 Å². The number of aryl methyl sites for hydroxylation is 1. The molecule has 0 fully saturated rings. The zero-order chi connectivity index (χ0) is 12.0. The number of benzene rings is 1. The fraction of sp³-hybridized carbons (Fsp3) is 0.462. The van der Waals surface area contributed by atoms with E-state index in [1.165, 1.54) is 0 Å². The Hall–Kier alpha value is -1.02. The SMILES string of the molecule is CCOc1ccc(C(=O)CCCCl)c(C)c1. The van der Waals surface area contributed by atoms with Gasteiger partial charge in [-0.05, 0) is 44.0 Å². The number of ether oxygens (including phenoxy) is 1. The van der Waals surface area contributed by atoms with Crippen LogP contribution in [0.2, 0.25) is 0 Å². The van der Waals surface area contributed by atoms with E-state index in [1.807, 2.05) is 32.0 Å². The molecule has 88 valence electrons. The first kappa shape index (κ1) is 13.0. The molecule has 0 unspecified atom stereocenters. The molecule has 0 saturated heterocycles. The molecule has 16 heavy (non-hydrogen) atoms. The van der Waals surface area contributed by atoms with Crippen molar-refractivity contribution in [2.45, 2.75) is 26.7 Å². The van der Waals surface area contributed by atoms with E-state index >= 15 is 0 Å². The number of carbonyl (C=O) groups is 1. The second-order valence-electron chi connectivity index (χ2n) is 3.63. The van der Waals surface area contributed by atoms with Crippen LogP contribution in [0.1, 0.15) is 35.7 Å². The van der Waals surface area contributed by atoms with Crippen LogP contribution in [0, 0.1) is 6.92 Å². The Morgan fingerprint density at radius 2 is 2.19 bits per heavy atom. The third-order valence-electron chi connectivity index (χ3n) is 2.35. The zero-order valence-electron chi connectivity index (χ0n) is 9.75. The third-order valence-corrected chi connectivity index (χ3v) is 2.61. The number of Topliss-reactive ketones (excluding diaryl/α,β-unsaturated/α-hetero) is 1. The average molecular weight is 241 g/mol. The Bertz CT molecular complexity index is 361. The molecule has 0 spiro atoms. The second-order valence-corrected chi connectivity index (χ2v) is 4.00. The van der Waals surface area contributed by atoms with Gasteiger partial charge in [-0.15, -0.1) is 11.6 Å². The van der Waals surface area contributed by atoms with Gasteiger partial charge in [0.2, 0.25) is 0 Å². The van der Waals surface area contributed by atoms with E-state index in [1.54, 1.807) is 0 Å². The summed E-state index contributed by atoms with van der Waals surface area (Å²) in [6.07, 6.45) is 1.24. The molecule has 0 radical (unpaired) electrons. The van der Waals surface area contributed by atoms with Gasteiger partial charge in [0.15, 0.2) is 5.78 Å². The lowest BCUT2D eigenvalue weighted by Gasteiger charge is -2.08. The van der Waals surface area contributed by atoms with Crippen molar-refractivity contribution < 1.29 is 9.53 Å². The van der Waals surface area contributed by atoms with Crippen LogP contribution in [0.4, 0.5) is 0 Å². The molecule has 0 aromatic heterocycles. The molecule has 3 heteroatoms. The normalized spacial score (nSPS) is 10.2. The molecule has 0 aliphatic carbocycles. The fourth-order valence-electron chi connectivity index (χ4n) is 1.57. The van der Waals surface area contributed by atoms with Gasteiger partial charge < -0.3 is 4.74 Å². The molecule has 1 aromatic carbocycles. The van der Waals surface area contributed by atoms with Crippen molar-refractivity contribution in [1.82, 2.24) is 0 Å². The van der Waals surface area contributed by atoms with Crippen LogP contribution in [0.3, 0.4) is 0 Å². The fourth-order valence-corrected chi connectivity index (χ4v) is 1.70. The first-order valence-electron chi connectivity index (χ1n) is 5.51. The minimum absolute atomic E-state index is 0.154. The second kappa shape index (κ2) is 6.54. The maximum absolute atomic E-state index is 11.8. The van der Waals surface area contributed by atoms with E-state index in [9.17, 15) is 4.79 Å². The summed E-state index contributed by atoms with van der Waals surface area (Å²) in [6, 6.07) is 5.57. The molecule has 0 aliphatic rings. The van der Waals surface area contributed by atoms with E-state index in [-0.39, 0.29) is 5.78 Å². The van der Waals surface area contributed by atoms with Crippen LogP contribution < -0.4 is 4.74 Å². The van der Waals surface area contributed by atoms with Gasteiger partial charge in [0.05, 0.1) is 6.61 Å². The lowest BCUT2D eigenvalue weighted by molar-refractivity contribution is 0.0981. The van der Waals surface area contributed by atoms with Crippen LogP contribution >= 0.6 is 11.6 Å². The number of alkyl halides is 1. The zero-order valence-corrected chi connectivity index (χ0v) is 10.5. The minimum atomic E-state index is 0.154. The quantitative estimate of drug-likeness (QED) is 0.561. The largest absolute Gasteiger partial charge is 0.494 e. The predicted octanol–water partition coefficient (Wildman–Crippen LogP) is 3.60. The smallest absolute Gasteiger partial charge is 0.163 e. The molecular weight excluding hydrogens is 224 g/mol. The van der Waals surface area contributed by atoms with Crippen molar-refractivity contribution in [2.75, 3.05) is 12.5 Å². The highest BCUT2D eigenvalue weighted by Gasteiger charge is 2.09. The number of carbonyl (C=O) groups excluding carboxylic acids is 1. The standard InChI is InChI=1S/C13H17ClO2/c1-3-16-11-6-7-12(10(2)9-11)13(15)5-4-8-14/h6-7,9H,3-5,8H2,1-2H3. The van der Waals surface area contributed by atoms with Gasteiger partial charge in [0, 0.05) is 17.9 Å². The van der Waals surface area contributed by atoms with Crippen LogP contribution in [-0.2, 0) is 0 Å². The van der Waals surface area contributed by atoms with Crippen molar-refractivity contribution in [3.05, 3.63) is 29.3 Å². The van der Waals surface area contributed by atoms with Gasteiger partial charge in [0.1, 0.15) is 5.75 Å². The first-order valence-corrected chi connectivity index (χ1v) is 6.05. The summed E-state index contributed by atoms with van der Waals surface area (Å²) < 4.78 is 5.37. The van der Waals surface area contributed by atoms with Crippen molar-refractivity contribution in [2.24, 2.45) is 0 Å². The Morgan fingerprint density at radius 1 is 1.44 bits per heavy atom. The highest BCUT2D eigenvalue weighted by atomic mass is 35.5. The number of halogens is 1. The van der Waals surface area contributed by atoms with Gasteiger partial charge in [-0.3, -0.25) is 4.79 Å². The summed E-state index contributed by atoms with van der Waals surface area (Å²) in [5, 5.41) is 0. The van der Waals surface area contributed by atoms with E-state index in [0.717, 1.165) is 23.3 Å². The summed E-state index contributed by atoms with van der Waals surface area (Å²) in [5.41, 5.74) is 1.74. The van der Waals surface area contributed by atoms with Crippen molar-refractivity contribution in [3.8, 4) is 5.75 Å². The predicted molar refractivity (Wildman–Crippen MR) is 66.6 cm³/mol. The highest BCUT2D eigenvalue weighted by Crippen LogP contribution is 2.19. The molecule has 1 aromatic rings. The van der Waals surface area contributed by atoms with Gasteiger partial charge in [-0.1, -0.05) is 0 Å². The highest BCUT2D eigenvalue weighted by molar-refractivity contribution is 6.18. The molecule has 0 atom stereocenters. The Morgan fingerprint density at radius 3 is 2.75 bits per heavy atom. The van der Waals surface area contributed by atoms with Crippen LogP contribution in [0.5, 0.6) is 5.75 Å². The minimum Gasteiger partial charge on any atom is -0.494 e. The number of rotatable bonds is 6. The molecule has 0 N–H and O–H groups in total. The van der Waals surface area contributed by atoms with E-state index in [2.05, 4.69) is 0 Å². The van der Waals surface area contributed by atoms with E-state index in [0.29, 0.717) is 18.9 Å². The monoisotopic (exact) mass is 240 g/mol. The van der Waals surface area contributed by atoms with Gasteiger partial charge in [-0.25, -0.2) is 0 Å². The summed E-state index contributed by atoms with van der Waals surface area (Å²) in [7, 11) is 0. The number of hydrogen-bond donors (Lipinski definition) is 0. The summed E-state index contributed by atoms with van der Waals surface area (Å²) >= 11 is 5.57. The van der Waals surface area contributed by atoms with Crippen LogP contribution in [0.25, 0.3) is 0 Å². The summed E-state index contributed by atoms with van der Waals surface area (Å²) in [4.78, 5) is 11.8. The number of hydrogen-bond acceptors (Lipinski definition) is 2. The molecule has 0 amide bonds. The summed E-state index contributed by atoms with van der Waals surface area (Å²) in [6.45, 7) is 4.50. The van der Waals surface area contributed by atoms with Crippen molar-refractivity contribution in [1.29, 1.82) is 0 Å².